The molecule has 0 saturated carbocycles. The van der Waals surface area contributed by atoms with Gasteiger partial charge in [-0.15, -0.1) is 22.7 Å². The lowest BCUT2D eigenvalue weighted by molar-refractivity contribution is -0.115. The van der Waals surface area contributed by atoms with Crippen LogP contribution in [0.4, 0.5) is 5.95 Å². The molecule has 4 aromatic rings. The molecule has 0 saturated heterocycles. The van der Waals surface area contributed by atoms with Crippen LogP contribution in [0, 0.1) is 0 Å². The van der Waals surface area contributed by atoms with Crippen molar-refractivity contribution in [3.8, 4) is 9.88 Å². The largest absolute Gasteiger partial charge is 0.324 e. The molecule has 0 fully saturated rings. The molecule has 0 aliphatic carbocycles. The fourth-order valence-corrected chi connectivity index (χ4v) is 3.89. The molecule has 3 aromatic heterocycles. The summed E-state index contributed by atoms with van der Waals surface area (Å²) in [4.78, 5) is 25.2. The Bertz CT molecular complexity index is 922. The van der Waals surface area contributed by atoms with E-state index in [1.807, 2.05) is 47.2 Å². The average Bonchev–Trinajstić information content (AvgIpc) is 3.26. The number of hydrogen-bond acceptors (Lipinski definition) is 5. The number of thiophene rings is 1. The fourth-order valence-electron chi connectivity index (χ4n) is 2.25. The maximum absolute atomic E-state index is 12.2. The van der Waals surface area contributed by atoms with Gasteiger partial charge in [0.05, 0.1) is 28.0 Å². The maximum Gasteiger partial charge on any atom is 0.232 e. The lowest BCUT2D eigenvalue weighted by Crippen LogP contribution is -2.15. The number of para-hydroxylation sites is 2. The van der Waals surface area contributed by atoms with Crippen LogP contribution in [0.2, 0.25) is 0 Å². The summed E-state index contributed by atoms with van der Waals surface area (Å²) in [6.45, 7) is 0. The number of aromatic nitrogens is 3. The minimum absolute atomic E-state index is 0.132. The average molecular weight is 340 g/mol. The fraction of sp³-hybridized carbons (Fsp3) is 0.0625. The van der Waals surface area contributed by atoms with E-state index in [1.54, 1.807) is 22.7 Å². The van der Waals surface area contributed by atoms with Gasteiger partial charge in [-0.2, -0.15) is 0 Å². The Kier molecular flexibility index (Phi) is 3.64. The van der Waals surface area contributed by atoms with Gasteiger partial charge in [-0.1, -0.05) is 18.2 Å². The molecule has 7 heteroatoms. The van der Waals surface area contributed by atoms with Gasteiger partial charge < -0.3 is 4.98 Å². The van der Waals surface area contributed by atoms with Gasteiger partial charge in [0.25, 0.3) is 0 Å². The molecular weight excluding hydrogens is 328 g/mol. The second-order valence-corrected chi connectivity index (χ2v) is 6.75. The zero-order chi connectivity index (χ0) is 15.6. The Labute approximate surface area is 140 Å². The van der Waals surface area contributed by atoms with Crippen LogP contribution in [-0.2, 0) is 11.2 Å². The summed E-state index contributed by atoms with van der Waals surface area (Å²) < 4.78 is 0. The summed E-state index contributed by atoms with van der Waals surface area (Å²) in [6.07, 6.45) is 0.235. The highest BCUT2D eigenvalue weighted by Crippen LogP contribution is 2.27. The first-order valence-corrected chi connectivity index (χ1v) is 8.77. The number of amides is 1. The molecule has 114 valence electrons. The molecule has 0 radical (unpaired) electrons. The summed E-state index contributed by atoms with van der Waals surface area (Å²) in [5.74, 6) is 0.331. The standard InChI is InChI=1S/C16H12N4OS2/c21-14(20-16-18-11-4-1-2-5-12(11)19-16)8-10-9-23-15(17-10)13-6-3-7-22-13/h1-7,9H,8H2,(H2,18,19,20,21). The first-order valence-electron chi connectivity index (χ1n) is 7.01. The highest BCUT2D eigenvalue weighted by Gasteiger charge is 2.11. The molecule has 0 aliphatic rings. The molecule has 3 heterocycles. The van der Waals surface area contributed by atoms with Crippen molar-refractivity contribution in [1.29, 1.82) is 0 Å². The van der Waals surface area contributed by atoms with Gasteiger partial charge in [-0.05, 0) is 23.6 Å². The molecule has 0 unspecified atom stereocenters. The van der Waals surface area contributed by atoms with Crippen molar-refractivity contribution in [2.24, 2.45) is 0 Å². The van der Waals surface area contributed by atoms with Gasteiger partial charge in [-0.25, -0.2) is 9.97 Å². The van der Waals surface area contributed by atoms with Crippen molar-refractivity contribution in [3.05, 3.63) is 52.9 Å². The third kappa shape index (κ3) is 3.01. The Morgan fingerprint density at radius 2 is 2.04 bits per heavy atom. The van der Waals surface area contributed by atoms with Gasteiger partial charge in [-0.3, -0.25) is 10.1 Å². The number of fused-ring (bicyclic) bond motifs is 1. The number of aromatic amines is 1. The molecule has 0 atom stereocenters. The summed E-state index contributed by atoms with van der Waals surface area (Å²) in [5.41, 5.74) is 2.50. The first-order chi connectivity index (χ1) is 11.3. The Balaban J connectivity index is 1.45. The third-order valence-corrected chi connectivity index (χ3v) is 5.20. The maximum atomic E-state index is 12.2. The number of anilines is 1. The number of imidazole rings is 1. The van der Waals surface area contributed by atoms with Gasteiger partial charge >= 0.3 is 0 Å². The molecule has 23 heavy (non-hydrogen) atoms. The van der Waals surface area contributed by atoms with Gasteiger partial charge in [0.15, 0.2) is 0 Å². The van der Waals surface area contributed by atoms with Crippen molar-refractivity contribution in [1.82, 2.24) is 15.0 Å². The number of H-pyrrole nitrogens is 1. The number of thiazole rings is 1. The Hall–Kier alpha value is -2.51. The zero-order valence-corrected chi connectivity index (χ0v) is 13.6. The van der Waals surface area contributed by atoms with E-state index in [4.69, 9.17) is 0 Å². The van der Waals surface area contributed by atoms with Crippen LogP contribution >= 0.6 is 22.7 Å². The third-order valence-electron chi connectivity index (χ3n) is 3.27. The number of carbonyl (C=O) groups excluding carboxylic acids is 1. The monoisotopic (exact) mass is 340 g/mol. The molecule has 2 N–H and O–H groups in total. The van der Waals surface area contributed by atoms with Crippen LogP contribution < -0.4 is 5.32 Å². The van der Waals surface area contributed by atoms with E-state index in [2.05, 4.69) is 20.3 Å². The second kappa shape index (κ2) is 5.94. The van der Waals surface area contributed by atoms with E-state index in [1.165, 1.54) is 0 Å². The number of nitrogens with zero attached hydrogens (tertiary/aromatic N) is 2. The van der Waals surface area contributed by atoms with E-state index < -0.39 is 0 Å². The molecule has 1 amide bonds. The van der Waals surface area contributed by atoms with Crippen LogP contribution in [0.1, 0.15) is 5.69 Å². The van der Waals surface area contributed by atoms with Crippen LogP contribution in [0.3, 0.4) is 0 Å². The topological polar surface area (TPSA) is 70.7 Å². The molecule has 4 rings (SSSR count). The van der Waals surface area contributed by atoms with E-state index in [0.717, 1.165) is 26.6 Å². The van der Waals surface area contributed by atoms with E-state index in [-0.39, 0.29) is 12.3 Å². The predicted octanol–water partition coefficient (Wildman–Crippen LogP) is 3.93. The molecule has 0 aliphatic heterocycles. The van der Waals surface area contributed by atoms with Crippen molar-refractivity contribution in [3.63, 3.8) is 0 Å². The number of rotatable bonds is 4. The molecular formula is C16H12N4OS2. The normalized spacial score (nSPS) is 11.0. The summed E-state index contributed by atoms with van der Waals surface area (Å²) in [5, 5.41) is 7.68. The number of nitrogens with one attached hydrogen (secondary N) is 2. The summed E-state index contributed by atoms with van der Waals surface area (Å²) in [6, 6.07) is 11.7. The van der Waals surface area contributed by atoms with Gasteiger partial charge in [0.2, 0.25) is 11.9 Å². The van der Waals surface area contributed by atoms with Crippen LogP contribution in [0.25, 0.3) is 20.9 Å². The highest BCUT2D eigenvalue weighted by atomic mass is 32.1. The minimum Gasteiger partial charge on any atom is -0.324 e. The van der Waals surface area contributed by atoms with Gasteiger partial charge in [0.1, 0.15) is 5.01 Å². The van der Waals surface area contributed by atoms with Crippen LogP contribution in [0.5, 0.6) is 0 Å². The smallest absolute Gasteiger partial charge is 0.232 e. The molecule has 0 bridgehead atoms. The van der Waals surface area contributed by atoms with Crippen molar-refractivity contribution >= 4 is 45.6 Å². The molecule has 5 nitrogen and oxygen atoms in total. The Morgan fingerprint density at radius 1 is 1.13 bits per heavy atom. The van der Waals surface area contributed by atoms with E-state index >= 15 is 0 Å². The second-order valence-electron chi connectivity index (χ2n) is 4.95. The first kappa shape index (κ1) is 14.1. The predicted molar refractivity (Wildman–Crippen MR) is 93.9 cm³/mol. The van der Waals surface area contributed by atoms with Crippen molar-refractivity contribution in [2.45, 2.75) is 6.42 Å². The van der Waals surface area contributed by atoms with Crippen molar-refractivity contribution < 1.29 is 4.79 Å². The SMILES string of the molecule is O=C(Cc1csc(-c2cccs2)n1)Nc1nc2ccccc2[nH]1. The Morgan fingerprint density at radius 3 is 2.87 bits per heavy atom. The van der Waals surface area contributed by atoms with Crippen LogP contribution in [-0.4, -0.2) is 20.9 Å². The van der Waals surface area contributed by atoms with Crippen LogP contribution in [0.15, 0.2) is 47.2 Å². The van der Waals surface area contributed by atoms with E-state index in [9.17, 15) is 4.79 Å². The van der Waals surface area contributed by atoms with Gasteiger partial charge in [0, 0.05) is 5.38 Å². The summed E-state index contributed by atoms with van der Waals surface area (Å²) >= 11 is 3.20. The highest BCUT2D eigenvalue weighted by molar-refractivity contribution is 7.20. The minimum atomic E-state index is -0.132. The molecule has 1 aromatic carbocycles. The van der Waals surface area contributed by atoms with E-state index in [0.29, 0.717) is 5.95 Å². The lowest BCUT2D eigenvalue weighted by atomic mass is 10.3. The zero-order valence-electron chi connectivity index (χ0n) is 11.9. The summed E-state index contributed by atoms with van der Waals surface area (Å²) in [7, 11) is 0. The molecule has 0 spiro atoms. The number of carbonyl (C=O) groups is 1. The number of benzene rings is 1. The lowest BCUT2D eigenvalue weighted by Gasteiger charge is -1.99. The quantitative estimate of drug-likeness (QED) is 0.591. The number of hydrogen-bond donors (Lipinski definition) is 2. The van der Waals surface area contributed by atoms with Crippen molar-refractivity contribution in [2.75, 3.05) is 5.32 Å².